The van der Waals surface area contributed by atoms with E-state index in [1.807, 2.05) is 95.9 Å². The van der Waals surface area contributed by atoms with E-state index in [4.69, 9.17) is 9.47 Å². The third kappa shape index (κ3) is 3.47. The molecule has 0 spiro atoms. The van der Waals surface area contributed by atoms with Gasteiger partial charge in [-0.25, -0.2) is 4.90 Å². The fraction of sp³-hybridized carbons (Fsp3) is 0.231. The van der Waals surface area contributed by atoms with Crippen LogP contribution < -0.4 is 5.32 Å². The van der Waals surface area contributed by atoms with Gasteiger partial charge in [0, 0.05) is 24.2 Å². The predicted molar refractivity (Wildman–Crippen MR) is 118 cm³/mol. The molecule has 2 atom stereocenters. The number of ether oxygens (including phenoxy) is 2. The number of rotatable bonds is 5. The minimum Gasteiger partial charge on any atom is -0.460 e. The largest absolute Gasteiger partial charge is 0.460 e. The van der Waals surface area contributed by atoms with Gasteiger partial charge in [0.1, 0.15) is 18.7 Å². The number of hydrogen-bond donors (Lipinski definition) is 1. The van der Waals surface area contributed by atoms with Crippen molar-refractivity contribution in [3.8, 4) is 0 Å². The van der Waals surface area contributed by atoms with Crippen molar-refractivity contribution in [2.24, 2.45) is 0 Å². The van der Waals surface area contributed by atoms with Gasteiger partial charge in [0.05, 0.1) is 0 Å². The molecule has 6 heteroatoms. The highest BCUT2D eigenvalue weighted by atomic mass is 16.6. The first-order valence-corrected chi connectivity index (χ1v) is 10.7. The van der Waals surface area contributed by atoms with E-state index in [2.05, 4.69) is 5.32 Å². The molecule has 5 rings (SSSR count). The highest BCUT2D eigenvalue weighted by molar-refractivity contribution is 5.84. The highest BCUT2D eigenvalue weighted by Gasteiger charge is 2.60. The summed E-state index contributed by atoms with van der Waals surface area (Å²) >= 11 is 0. The minimum atomic E-state index is -1.21. The average molecular weight is 428 g/mol. The Morgan fingerprint density at radius 3 is 2.06 bits per heavy atom. The van der Waals surface area contributed by atoms with Crippen molar-refractivity contribution in [2.75, 3.05) is 13.1 Å². The first-order chi connectivity index (χ1) is 15.7. The van der Waals surface area contributed by atoms with Crippen LogP contribution in [0.5, 0.6) is 0 Å². The molecule has 3 aromatic carbocycles. The van der Waals surface area contributed by atoms with Crippen molar-refractivity contribution in [3.63, 3.8) is 0 Å². The lowest BCUT2D eigenvalue weighted by atomic mass is 9.90. The first kappa shape index (κ1) is 20.4. The number of piperazine rings is 1. The Bertz CT molecular complexity index is 1050. The van der Waals surface area contributed by atoms with Gasteiger partial charge in [-0.2, -0.15) is 0 Å². The van der Waals surface area contributed by atoms with E-state index in [9.17, 15) is 9.59 Å². The third-order valence-corrected chi connectivity index (χ3v) is 6.06. The molecule has 0 amide bonds. The molecule has 2 unspecified atom stereocenters. The number of esters is 2. The van der Waals surface area contributed by atoms with Crippen molar-refractivity contribution in [2.45, 2.75) is 24.4 Å². The standard InChI is InChI=1S/C26H24N2O4/c29-24(31-18-19-10-4-1-5-11-19)22-16-27-17-23-25(30)32-26(28(22)23,20-12-6-2-7-13-20)21-14-8-3-9-15-21/h1-15,22-23,27H,16-18H2. The lowest BCUT2D eigenvalue weighted by Crippen LogP contribution is -2.64. The van der Waals surface area contributed by atoms with E-state index in [1.165, 1.54) is 0 Å². The predicted octanol–water partition coefficient (Wildman–Crippen LogP) is 2.83. The van der Waals surface area contributed by atoms with E-state index in [0.29, 0.717) is 13.1 Å². The third-order valence-electron chi connectivity index (χ3n) is 6.06. The summed E-state index contributed by atoms with van der Waals surface area (Å²) in [5.74, 6) is -0.744. The van der Waals surface area contributed by atoms with Gasteiger partial charge in [-0.3, -0.25) is 9.59 Å². The van der Waals surface area contributed by atoms with Crippen molar-refractivity contribution in [3.05, 3.63) is 108 Å². The fourth-order valence-corrected chi connectivity index (χ4v) is 4.61. The van der Waals surface area contributed by atoms with Gasteiger partial charge in [0.25, 0.3) is 0 Å². The normalized spacial score (nSPS) is 22.1. The second-order valence-electron chi connectivity index (χ2n) is 7.99. The zero-order valence-electron chi connectivity index (χ0n) is 17.5. The summed E-state index contributed by atoms with van der Waals surface area (Å²) in [4.78, 5) is 28.3. The van der Waals surface area contributed by atoms with Gasteiger partial charge < -0.3 is 14.8 Å². The molecule has 0 aromatic heterocycles. The molecule has 2 heterocycles. The van der Waals surface area contributed by atoms with Crippen LogP contribution in [0.1, 0.15) is 16.7 Å². The molecular formula is C26H24N2O4. The maximum Gasteiger partial charge on any atom is 0.327 e. The Morgan fingerprint density at radius 1 is 0.906 bits per heavy atom. The van der Waals surface area contributed by atoms with Crippen LogP contribution >= 0.6 is 0 Å². The second kappa shape index (κ2) is 8.57. The maximum absolute atomic E-state index is 13.3. The molecule has 2 aliphatic heterocycles. The van der Waals surface area contributed by atoms with Crippen LogP contribution in [0.4, 0.5) is 0 Å². The second-order valence-corrected chi connectivity index (χ2v) is 7.99. The molecule has 32 heavy (non-hydrogen) atoms. The van der Waals surface area contributed by atoms with E-state index in [-0.39, 0.29) is 18.5 Å². The molecule has 2 aliphatic rings. The van der Waals surface area contributed by atoms with Crippen molar-refractivity contribution in [1.29, 1.82) is 0 Å². The van der Waals surface area contributed by atoms with Crippen LogP contribution in [0.25, 0.3) is 0 Å². The van der Waals surface area contributed by atoms with Crippen LogP contribution in [0.3, 0.4) is 0 Å². The molecule has 2 fully saturated rings. The molecule has 0 bridgehead atoms. The molecular weight excluding hydrogens is 404 g/mol. The molecule has 3 aromatic rings. The van der Waals surface area contributed by atoms with Gasteiger partial charge in [0.15, 0.2) is 0 Å². The lowest BCUT2D eigenvalue weighted by molar-refractivity contribution is -0.164. The summed E-state index contributed by atoms with van der Waals surface area (Å²) < 4.78 is 11.8. The number of benzene rings is 3. The van der Waals surface area contributed by atoms with Gasteiger partial charge in [-0.1, -0.05) is 91.0 Å². The molecule has 0 radical (unpaired) electrons. The zero-order valence-corrected chi connectivity index (χ0v) is 17.5. The van der Waals surface area contributed by atoms with E-state index in [1.54, 1.807) is 0 Å². The zero-order chi connectivity index (χ0) is 22.0. The Labute approximate surface area is 186 Å². The van der Waals surface area contributed by atoms with Crippen LogP contribution in [0.15, 0.2) is 91.0 Å². The summed E-state index contributed by atoms with van der Waals surface area (Å²) in [7, 11) is 0. The number of nitrogens with one attached hydrogen (secondary N) is 1. The highest BCUT2D eigenvalue weighted by Crippen LogP contribution is 2.45. The number of fused-ring (bicyclic) bond motifs is 1. The van der Waals surface area contributed by atoms with Crippen molar-refractivity contribution >= 4 is 11.9 Å². The van der Waals surface area contributed by atoms with Gasteiger partial charge in [0.2, 0.25) is 5.72 Å². The van der Waals surface area contributed by atoms with Gasteiger partial charge >= 0.3 is 11.9 Å². The minimum absolute atomic E-state index is 0.174. The number of cyclic esters (lactones) is 1. The van der Waals surface area contributed by atoms with Crippen LogP contribution in [0, 0.1) is 0 Å². The quantitative estimate of drug-likeness (QED) is 0.631. The first-order valence-electron chi connectivity index (χ1n) is 10.7. The van der Waals surface area contributed by atoms with Crippen molar-refractivity contribution < 1.29 is 19.1 Å². The number of carbonyl (C=O) groups excluding carboxylic acids is 2. The summed E-state index contributed by atoms with van der Waals surface area (Å²) in [5.41, 5.74) is 1.30. The number of carbonyl (C=O) groups is 2. The summed E-state index contributed by atoms with van der Waals surface area (Å²) in [6, 6.07) is 27.4. The molecule has 1 N–H and O–H groups in total. The summed E-state index contributed by atoms with van der Waals surface area (Å²) in [6.45, 7) is 0.943. The van der Waals surface area contributed by atoms with Crippen LogP contribution in [-0.2, 0) is 31.4 Å². The molecule has 0 saturated carbocycles. The van der Waals surface area contributed by atoms with E-state index in [0.717, 1.165) is 16.7 Å². The van der Waals surface area contributed by atoms with Gasteiger partial charge in [-0.15, -0.1) is 0 Å². The number of nitrogens with zero attached hydrogens (tertiary/aromatic N) is 1. The maximum atomic E-state index is 13.3. The lowest BCUT2D eigenvalue weighted by Gasteiger charge is -2.44. The smallest absolute Gasteiger partial charge is 0.327 e. The molecule has 0 aliphatic carbocycles. The number of hydrogen-bond acceptors (Lipinski definition) is 6. The van der Waals surface area contributed by atoms with Crippen LogP contribution in [0.2, 0.25) is 0 Å². The van der Waals surface area contributed by atoms with E-state index < -0.39 is 17.8 Å². The van der Waals surface area contributed by atoms with Gasteiger partial charge in [-0.05, 0) is 5.56 Å². The summed E-state index contributed by atoms with van der Waals surface area (Å²) in [6.07, 6.45) is 0. The van der Waals surface area contributed by atoms with Crippen molar-refractivity contribution in [1.82, 2.24) is 10.2 Å². The fourth-order valence-electron chi connectivity index (χ4n) is 4.61. The van der Waals surface area contributed by atoms with Crippen LogP contribution in [-0.4, -0.2) is 42.0 Å². The van der Waals surface area contributed by atoms with E-state index >= 15 is 0 Å². The Hall–Kier alpha value is -3.48. The Morgan fingerprint density at radius 2 is 1.47 bits per heavy atom. The molecule has 6 nitrogen and oxygen atoms in total. The Balaban J connectivity index is 1.55. The SMILES string of the molecule is O=C(OCc1ccccc1)C1CNCC2C(=O)OC(c3ccccc3)(c3ccccc3)N12. The Kier molecular flexibility index (Phi) is 5.47. The summed E-state index contributed by atoms with van der Waals surface area (Å²) in [5, 5.41) is 3.21. The molecule has 2 saturated heterocycles. The molecule has 162 valence electrons. The topological polar surface area (TPSA) is 67.9 Å². The monoisotopic (exact) mass is 428 g/mol. The average Bonchev–Trinajstić information content (AvgIpc) is 3.18.